The van der Waals surface area contributed by atoms with Crippen LogP contribution >= 0.6 is 15.9 Å². The third-order valence-electron chi connectivity index (χ3n) is 1.91. The van der Waals surface area contributed by atoms with Gasteiger partial charge in [0.2, 0.25) is 5.91 Å². The van der Waals surface area contributed by atoms with Gasteiger partial charge in [-0.25, -0.2) is 0 Å². The molecule has 1 amide bonds. The van der Waals surface area contributed by atoms with Gasteiger partial charge in [-0.05, 0) is 22.0 Å². The Labute approximate surface area is 78.1 Å². The molecule has 0 bridgehead atoms. The molecule has 12 heavy (non-hydrogen) atoms. The van der Waals surface area contributed by atoms with E-state index in [1.807, 2.05) is 18.2 Å². The van der Waals surface area contributed by atoms with Gasteiger partial charge in [0.15, 0.2) is 0 Å². The molecule has 2 rings (SSSR count). The van der Waals surface area contributed by atoms with E-state index in [-0.39, 0.29) is 5.91 Å². The number of nitrogens with one attached hydrogen (secondary N) is 1. The minimum atomic E-state index is -0.516. The first kappa shape index (κ1) is 7.76. The second-order valence-corrected chi connectivity index (χ2v) is 3.53. The maximum Gasteiger partial charge on any atom is 0.246 e. The number of halogens is 1. The minimum absolute atomic E-state index is 0.142. The SMILES string of the molecule is N[C@@H]1C(=O)Nc2c(Br)cccc21. The number of amides is 1. The first-order valence-corrected chi connectivity index (χ1v) is 4.34. The maximum absolute atomic E-state index is 11.1. The van der Waals surface area contributed by atoms with Crippen molar-refractivity contribution in [1.82, 2.24) is 0 Å². The molecule has 1 aromatic rings. The molecule has 3 N–H and O–H groups in total. The Balaban J connectivity index is 2.60. The van der Waals surface area contributed by atoms with E-state index in [2.05, 4.69) is 21.2 Å². The van der Waals surface area contributed by atoms with Crippen molar-refractivity contribution < 1.29 is 4.79 Å². The van der Waals surface area contributed by atoms with E-state index in [1.54, 1.807) is 0 Å². The van der Waals surface area contributed by atoms with Gasteiger partial charge in [-0.1, -0.05) is 12.1 Å². The largest absolute Gasteiger partial charge is 0.323 e. The summed E-state index contributed by atoms with van der Waals surface area (Å²) >= 11 is 3.33. The van der Waals surface area contributed by atoms with Crippen LogP contribution in [0.1, 0.15) is 11.6 Å². The van der Waals surface area contributed by atoms with Crippen molar-refractivity contribution in [2.24, 2.45) is 5.73 Å². The lowest BCUT2D eigenvalue weighted by molar-refractivity contribution is -0.116. The summed E-state index contributed by atoms with van der Waals surface area (Å²) in [5, 5.41) is 2.70. The van der Waals surface area contributed by atoms with Gasteiger partial charge in [-0.3, -0.25) is 4.79 Å². The summed E-state index contributed by atoms with van der Waals surface area (Å²) in [4.78, 5) is 11.1. The molecule has 1 aromatic carbocycles. The molecule has 1 atom stereocenters. The van der Waals surface area contributed by atoms with E-state index in [0.717, 1.165) is 15.7 Å². The van der Waals surface area contributed by atoms with Crippen molar-refractivity contribution >= 4 is 27.5 Å². The lowest BCUT2D eigenvalue weighted by atomic mass is 10.1. The highest BCUT2D eigenvalue weighted by Gasteiger charge is 2.27. The van der Waals surface area contributed by atoms with Crippen LogP contribution in [0.15, 0.2) is 22.7 Å². The molecule has 0 fully saturated rings. The molecule has 4 heteroatoms. The zero-order chi connectivity index (χ0) is 8.72. The Morgan fingerprint density at radius 1 is 1.50 bits per heavy atom. The van der Waals surface area contributed by atoms with Crippen molar-refractivity contribution in [2.75, 3.05) is 5.32 Å². The normalized spacial score (nSPS) is 20.5. The first-order chi connectivity index (χ1) is 5.70. The number of carbonyl (C=O) groups excluding carboxylic acids is 1. The molecular formula is C8H7BrN2O. The highest BCUT2D eigenvalue weighted by atomic mass is 79.9. The molecule has 0 aliphatic carbocycles. The topological polar surface area (TPSA) is 55.1 Å². The Morgan fingerprint density at radius 3 is 2.92 bits per heavy atom. The monoisotopic (exact) mass is 226 g/mol. The number of rotatable bonds is 0. The number of carbonyl (C=O) groups is 1. The van der Waals surface area contributed by atoms with E-state index in [4.69, 9.17) is 5.73 Å². The fourth-order valence-corrected chi connectivity index (χ4v) is 1.75. The van der Waals surface area contributed by atoms with E-state index in [0.29, 0.717) is 0 Å². The molecule has 0 unspecified atom stereocenters. The summed E-state index contributed by atoms with van der Waals surface area (Å²) in [6.45, 7) is 0. The summed E-state index contributed by atoms with van der Waals surface area (Å²) in [6, 6.07) is 5.07. The van der Waals surface area contributed by atoms with Gasteiger partial charge in [0.25, 0.3) is 0 Å². The van der Waals surface area contributed by atoms with Gasteiger partial charge >= 0.3 is 0 Å². The Bertz CT molecular complexity index is 351. The van der Waals surface area contributed by atoms with Crippen LogP contribution in [0.5, 0.6) is 0 Å². The number of hydrogen-bond donors (Lipinski definition) is 2. The van der Waals surface area contributed by atoms with Gasteiger partial charge in [-0.2, -0.15) is 0 Å². The van der Waals surface area contributed by atoms with Crippen LogP contribution in [0.2, 0.25) is 0 Å². The molecule has 3 nitrogen and oxygen atoms in total. The number of fused-ring (bicyclic) bond motifs is 1. The maximum atomic E-state index is 11.1. The zero-order valence-electron chi connectivity index (χ0n) is 6.17. The Hall–Kier alpha value is -0.870. The molecule has 1 aliphatic rings. The molecule has 1 heterocycles. The second kappa shape index (κ2) is 2.57. The highest BCUT2D eigenvalue weighted by molar-refractivity contribution is 9.10. The second-order valence-electron chi connectivity index (χ2n) is 2.67. The van der Waals surface area contributed by atoms with Crippen LogP contribution in [0.4, 0.5) is 5.69 Å². The van der Waals surface area contributed by atoms with Gasteiger partial charge in [0.1, 0.15) is 6.04 Å². The van der Waals surface area contributed by atoms with Crippen molar-refractivity contribution in [3.8, 4) is 0 Å². The minimum Gasteiger partial charge on any atom is -0.323 e. The Kier molecular flexibility index (Phi) is 1.66. The highest BCUT2D eigenvalue weighted by Crippen LogP contribution is 2.34. The molecule has 1 aliphatic heterocycles. The summed E-state index contributed by atoms with van der Waals surface area (Å²) in [5.41, 5.74) is 7.28. The van der Waals surface area contributed by atoms with Crippen molar-refractivity contribution in [3.63, 3.8) is 0 Å². The van der Waals surface area contributed by atoms with Crippen LogP contribution in [-0.2, 0) is 4.79 Å². The molecule has 0 aromatic heterocycles. The van der Waals surface area contributed by atoms with Crippen LogP contribution in [0.3, 0.4) is 0 Å². The molecule has 0 saturated heterocycles. The molecule has 0 spiro atoms. The summed E-state index contributed by atoms with van der Waals surface area (Å²) in [6.07, 6.45) is 0. The van der Waals surface area contributed by atoms with Crippen LogP contribution in [0, 0.1) is 0 Å². The predicted molar refractivity (Wildman–Crippen MR) is 49.7 cm³/mol. The standard InChI is InChI=1S/C8H7BrN2O/c9-5-3-1-2-4-6(10)8(12)11-7(4)5/h1-3,6H,10H2,(H,11,12)/t6-/m0/s1. The number of nitrogens with two attached hydrogens (primary N) is 1. The zero-order valence-corrected chi connectivity index (χ0v) is 7.76. The molecule has 62 valence electrons. The summed E-state index contributed by atoms with van der Waals surface area (Å²) in [5.74, 6) is -0.142. The fourth-order valence-electron chi connectivity index (χ4n) is 1.27. The fraction of sp³-hybridized carbons (Fsp3) is 0.125. The molecule has 0 radical (unpaired) electrons. The summed E-state index contributed by atoms with van der Waals surface area (Å²) in [7, 11) is 0. The van der Waals surface area contributed by atoms with E-state index in [1.165, 1.54) is 0 Å². The molecule has 0 saturated carbocycles. The van der Waals surface area contributed by atoms with E-state index >= 15 is 0 Å². The van der Waals surface area contributed by atoms with Crippen molar-refractivity contribution in [2.45, 2.75) is 6.04 Å². The predicted octanol–water partition coefficient (Wildman–Crippen LogP) is 1.40. The van der Waals surface area contributed by atoms with Gasteiger partial charge in [-0.15, -0.1) is 0 Å². The van der Waals surface area contributed by atoms with Gasteiger partial charge in [0, 0.05) is 10.0 Å². The number of benzene rings is 1. The van der Waals surface area contributed by atoms with E-state index in [9.17, 15) is 4.79 Å². The number of para-hydroxylation sites is 1. The third kappa shape index (κ3) is 0.956. The average Bonchev–Trinajstić information content (AvgIpc) is 2.32. The average molecular weight is 227 g/mol. The number of hydrogen-bond acceptors (Lipinski definition) is 2. The van der Waals surface area contributed by atoms with Gasteiger partial charge < -0.3 is 11.1 Å². The number of anilines is 1. The van der Waals surface area contributed by atoms with Crippen LogP contribution < -0.4 is 11.1 Å². The lowest BCUT2D eigenvalue weighted by Crippen LogP contribution is -2.19. The lowest BCUT2D eigenvalue weighted by Gasteiger charge is -2.00. The smallest absolute Gasteiger partial charge is 0.246 e. The van der Waals surface area contributed by atoms with Crippen molar-refractivity contribution in [1.29, 1.82) is 0 Å². The van der Waals surface area contributed by atoms with Gasteiger partial charge in [0.05, 0.1) is 5.69 Å². The third-order valence-corrected chi connectivity index (χ3v) is 2.57. The van der Waals surface area contributed by atoms with E-state index < -0.39 is 6.04 Å². The summed E-state index contributed by atoms with van der Waals surface area (Å²) < 4.78 is 0.876. The Morgan fingerprint density at radius 2 is 2.25 bits per heavy atom. The first-order valence-electron chi connectivity index (χ1n) is 3.55. The van der Waals surface area contributed by atoms with Crippen molar-refractivity contribution in [3.05, 3.63) is 28.2 Å². The quantitative estimate of drug-likeness (QED) is 0.703. The molecular weight excluding hydrogens is 220 g/mol. The van der Waals surface area contributed by atoms with Crippen LogP contribution in [-0.4, -0.2) is 5.91 Å². The van der Waals surface area contributed by atoms with Crippen LogP contribution in [0.25, 0.3) is 0 Å².